The van der Waals surface area contributed by atoms with E-state index in [9.17, 15) is 14.4 Å². The highest BCUT2D eigenvalue weighted by molar-refractivity contribution is 7.81. The van der Waals surface area contributed by atoms with Gasteiger partial charge < -0.3 is 25.9 Å². The molecule has 2 atom stereocenters. The number of carbonyl (C=O) groups excluding carboxylic acids is 3. The molecule has 0 heterocycles. The number of hydrogen-bond donors (Lipinski definition) is 6. The Morgan fingerprint density at radius 3 is 2.53 bits per heavy atom. The molecule has 0 aliphatic heterocycles. The Bertz CT molecular complexity index is 955. The molecule has 2 rings (SSSR count). The van der Waals surface area contributed by atoms with Crippen LogP contribution in [0.25, 0.3) is 0 Å². The molecular formula is C21H25N5O4S2. The summed E-state index contributed by atoms with van der Waals surface area (Å²) in [6, 6.07) is 13.8. The number of amides is 2. The lowest BCUT2D eigenvalue weighted by molar-refractivity contribution is -0.125. The zero-order valence-electron chi connectivity index (χ0n) is 17.3. The maximum atomic E-state index is 12.3. The highest BCUT2D eigenvalue weighted by Gasteiger charge is 2.23. The van der Waals surface area contributed by atoms with Crippen molar-refractivity contribution in [3.8, 4) is 5.75 Å². The van der Waals surface area contributed by atoms with E-state index in [-0.39, 0.29) is 11.5 Å². The molecule has 9 nitrogen and oxygen atoms in total. The molecule has 2 aromatic rings. The van der Waals surface area contributed by atoms with E-state index in [0.717, 1.165) is 5.56 Å². The van der Waals surface area contributed by atoms with E-state index in [1.54, 1.807) is 30.3 Å². The maximum absolute atomic E-state index is 12.3. The number of anilines is 1. The van der Waals surface area contributed by atoms with Crippen LogP contribution in [0.15, 0.2) is 48.5 Å². The normalized spacial score (nSPS) is 12.1. The van der Waals surface area contributed by atoms with Gasteiger partial charge in [0, 0.05) is 24.2 Å². The number of nitrogens with one attached hydrogen (secondary N) is 4. The molecule has 0 fully saturated rings. The van der Waals surface area contributed by atoms with E-state index >= 15 is 0 Å². The zero-order chi connectivity index (χ0) is 23.5. The van der Waals surface area contributed by atoms with E-state index in [0.29, 0.717) is 29.8 Å². The summed E-state index contributed by atoms with van der Waals surface area (Å²) >= 11 is 9.40. The van der Waals surface area contributed by atoms with Crippen molar-refractivity contribution in [3.05, 3.63) is 59.7 Å². The van der Waals surface area contributed by atoms with E-state index < -0.39 is 23.1 Å². The van der Waals surface area contributed by atoms with Crippen molar-refractivity contribution >= 4 is 53.7 Å². The SMILES string of the molecule is COc1ccc(C(=O)NC(S)C(C=O)CC(=O)NNC(=S)Nc2cccc(CN)c2)cc1. The summed E-state index contributed by atoms with van der Waals surface area (Å²) in [6.45, 7) is 0.388. The number of hydrazine groups is 1. The van der Waals surface area contributed by atoms with Crippen molar-refractivity contribution in [2.24, 2.45) is 11.7 Å². The molecule has 2 amide bonds. The molecule has 170 valence electrons. The van der Waals surface area contributed by atoms with Crippen LogP contribution in [-0.2, 0) is 16.1 Å². The van der Waals surface area contributed by atoms with Crippen molar-refractivity contribution in [2.45, 2.75) is 18.3 Å². The van der Waals surface area contributed by atoms with E-state index in [1.165, 1.54) is 7.11 Å². The van der Waals surface area contributed by atoms with E-state index in [4.69, 9.17) is 22.7 Å². The van der Waals surface area contributed by atoms with Gasteiger partial charge in [0.25, 0.3) is 5.91 Å². The Morgan fingerprint density at radius 2 is 1.91 bits per heavy atom. The number of rotatable bonds is 9. The van der Waals surface area contributed by atoms with Gasteiger partial charge >= 0.3 is 0 Å². The molecule has 32 heavy (non-hydrogen) atoms. The number of carbonyl (C=O) groups is 3. The summed E-state index contributed by atoms with van der Waals surface area (Å²) in [7, 11) is 1.52. The molecule has 0 bridgehead atoms. The molecule has 11 heteroatoms. The van der Waals surface area contributed by atoms with Crippen molar-refractivity contribution in [1.82, 2.24) is 16.2 Å². The fraction of sp³-hybridized carbons (Fsp3) is 0.238. The maximum Gasteiger partial charge on any atom is 0.252 e. The first-order valence-electron chi connectivity index (χ1n) is 9.59. The van der Waals surface area contributed by atoms with Gasteiger partial charge in [-0.05, 0) is 54.2 Å². The number of hydrogen-bond acceptors (Lipinski definition) is 7. The van der Waals surface area contributed by atoms with Crippen LogP contribution in [0.2, 0.25) is 0 Å². The Labute approximate surface area is 196 Å². The van der Waals surface area contributed by atoms with Crippen LogP contribution in [0.5, 0.6) is 5.75 Å². The van der Waals surface area contributed by atoms with Gasteiger partial charge in [-0.15, -0.1) is 0 Å². The summed E-state index contributed by atoms with van der Waals surface area (Å²) in [6.07, 6.45) is 0.360. The minimum absolute atomic E-state index is 0.158. The molecule has 0 aromatic heterocycles. The molecule has 0 saturated heterocycles. The zero-order valence-corrected chi connectivity index (χ0v) is 19.0. The van der Waals surface area contributed by atoms with E-state index in [1.807, 2.05) is 18.2 Å². The van der Waals surface area contributed by atoms with Crippen LogP contribution < -0.4 is 32.0 Å². The van der Waals surface area contributed by atoms with Crippen LogP contribution in [0.3, 0.4) is 0 Å². The Kier molecular flexibility index (Phi) is 9.92. The molecule has 0 saturated carbocycles. The summed E-state index contributed by atoms with van der Waals surface area (Å²) in [5.74, 6) is -1.17. The fourth-order valence-electron chi connectivity index (χ4n) is 2.63. The number of thiol groups is 1. The molecule has 0 aliphatic rings. The lowest BCUT2D eigenvalue weighted by Crippen LogP contribution is -2.46. The van der Waals surface area contributed by atoms with Crippen molar-refractivity contribution in [1.29, 1.82) is 0 Å². The molecule has 0 aliphatic carbocycles. The Morgan fingerprint density at radius 1 is 1.19 bits per heavy atom. The number of nitrogens with two attached hydrogens (primary N) is 1. The van der Waals surface area contributed by atoms with Crippen LogP contribution in [-0.4, -0.2) is 35.7 Å². The van der Waals surface area contributed by atoms with Gasteiger partial charge in [-0.1, -0.05) is 12.1 Å². The van der Waals surface area contributed by atoms with Crippen LogP contribution in [0.4, 0.5) is 5.69 Å². The number of thiocarbonyl (C=S) groups is 1. The van der Waals surface area contributed by atoms with Gasteiger partial charge in [-0.25, -0.2) is 0 Å². The average molecular weight is 476 g/mol. The Balaban J connectivity index is 1.82. The average Bonchev–Trinajstić information content (AvgIpc) is 2.81. The lowest BCUT2D eigenvalue weighted by Gasteiger charge is -2.20. The minimum atomic E-state index is -0.864. The van der Waals surface area contributed by atoms with Crippen LogP contribution in [0, 0.1) is 5.92 Å². The molecule has 6 N–H and O–H groups in total. The standard InChI is InChI=1S/C21H25N5O4S2/c1-30-17-7-5-14(6-8-17)19(29)24-20(31)15(12-27)10-18(28)25-26-21(32)23-16-4-2-3-13(9-16)11-22/h2-9,12,15,20,31H,10-11,22H2,1H3,(H,24,29)(H,25,28)(H2,23,26,32). The fourth-order valence-corrected chi connectivity index (χ4v) is 3.09. The van der Waals surface area contributed by atoms with Crippen molar-refractivity contribution in [2.75, 3.05) is 12.4 Å². The van der Waals surface area contributed by atoms with Gasteiger partial charge in [0.05, 0.1) is 18.4 Å². The summed E-state index contributed by atoms with van der Waals surface area (Å²) in [4.78, 5) is 36.0. The second kappa shape index (κ2) is 12.6. The number of benzene rings is 2. The van der Waals surface area contributed by atoms with Gasteiger partial charge in [0.2, 0.25) is 5.91 Å². The Hall–Kier alpha value is -3.15. The van der Waals surface area contributed by atoms with Gasteiger partial charge in [-0.3, -0.25) is 20.4 Å². The first-order chi connectivity index (χ1) is 15.4. The predicted molar refractivity (Wildman–Crippen MR) is 129 cm³/mol. The molecule has 2 unspecified atom stereocenters. The number of aldehydes is 1. The highest BCUT2D eigenvalue weighted by Crippen LogP contribution is 2.14. The molecule has 2 aromatic carbocycles. The molecule has 0 radical (unpaired) electrons. The first-order valence-corrected chi connectivity index (χ1v) is 10.5. The first kappa shape index (κ1) is 25.1. The second-order valence-corrected chi connectivity index (χ2v) is 7.65. The topological polar surface area (TPSA) is 135 Å². The third kappa shape index (κ3) is 7.84. The number of methoxy groups -OCH3 is 1. The minimum Gasteiger partial charge on any atom is -0.497 e. The third-order valence-corrected chi connectivity index (χ3v) is 5.08. The van der Waals surface area contributed by atoms with Crippen LogP contribution >= 0.6 is 24.8 Å². The smallest absolute Gasteiger partial charge is 0.252 e. The largest absolute Gasteiger partial charge is 0.497 e. The monoisotopic (exact) mass is 475 g/mol. The van der Waals surface area contributed by atoms with E-state index in [2.05, 4.69) is 34.1 Å². The summed E-state index contributed by atoms with van der Waals surface area (Å²) < 4.78 is 5.05. The molecular weight excluding hydrogens is 450 g/mol. The highest BCUT2D eigenvalue weighted by atomic mass is 32.1. The van der Waals surface area contributed by atoms with Gasteiger partial charge in [0.1, 0.15) is 12.0 Å². The summed E-state index contributed by atoms with van der Waals surface area (Å²) in [5, 5.41) is 4.81. The number of ether oxygens (including phenoxy) is 1. The predicted octanol–water partition coefficient (Wildman–Crippen LogP) is 1.36. The van der Waals surface area contributed by atoms with Crippen molar-refractivity contribution in [3.63, 3.8) is 0 Å². The van der Waals surface area contributed by atoms with Gasteiger partial charge in [-0.2, -0.15) is 12.6 Å². The molecule has 0 spiro atoms. The quantitative estimate of drug-likeness (QED) is 0.105. The summed E-state index contributed by atoms with van der Waals surface area (Å²) in [5.41, 5.74) is 12.6. The van der Waals surface area contributed by atoms with Crippen molar-refractivity contribution < 1.29 is 19.1 Å². The lowest BCUT2D eigenvalue weighted by atomic mass is 10.1. The third-order valence-electron chi connectivity index (χ3n) is 4.37. The van der Waals surface area contributed by atoms with Crippen LogP contribution in [0.1, 0.15) is 22.3 Å². The second-order valence-electron chi connectivity index (χ2n) is 6.68. The van der Waals surface area contributed by atoms with Gasteiger partial charge in [0.15, 0.2) is 5.11 Å².